The van der Waals surface area contributed by atoms with E-state index in [9.17, 15) is 4.79 Å². The standard InChI is InChI=1S/C18H25N5O2/c1-18(2,14-7-4-5-8-15(14)25-3)13-23-17(24)22-12-11-21-16-19-9-6-10-20-16/h4-10H,11-13H2,1-3H3,(H,19,20,21)(H2,22,23,24). The maximum absolute atomic E-state index is 12.0. The van der Waals surface area contributed by atoms with E-state index in [1.165, 1.54) is 0 Å². The monoisotopic (exact) mass is 343 g/mol. The fraction of sp³-hybridized carbons (Fsp3) is 0.389. The van der Waals surface area contributed by atoms with Gasteiger partial charge in [0.2, 0.25) is 5.95 Å². The zero-order valence-corrected chi connectivity index (χ0v) is 14.9. The number of hydrogen-bond donors (Lipinski definition) is 3. The van der Waals surface area contributed by atoms with Crippen LogP contribution >= 0.6 is 0 Å². The molecule has 2 amide bonds. The van der Waals surface area contributed by atoms with Crippen molar-refractivity contribution in [3.8, 4) is 5.75 Å². The van der Waals surface area contributed by atoms with Gasteiger partial charge in [0.1, 0.15) is 5.75 Å². The lowest BCUT2D eigenvalue weighted by Gasteiger charge is -2.27. The first-order valence-electron chi connectivity index (χ1n) is 8.19. The number of aromatic nitrogens is 2. The van der Waals surface area contributed by atoms with Crippen LogP contribution in [0.15, 0.2) is 42.7 Å². The molecule has 0 saturated carbocycles. The van der Waals surface area contributed by atoms with E-state index in [4.69, 9.17) is 4.74 Å². The number of amides is 2. The first-order chi connectivity index (χ1) is 12.0. The molecule has 2 rings (SSSR count). The molecule has 1 aromatic heterocycles. The molecule has 7 heteroatoms. The molecule has 0 unspecified atom stereocenters. The van der Waals surface area contributed by atoms with Gasteiger partial charge in [0, 0.05) is 43.0 Å². The topological polar surface area (TPSA) is 88.2 Å². The Hall–Kier alpha value is -2.83. The van der Waals surface area contributed by atoms with Crippen LogP contribution in [-0.4, -0.2) is 42.7 Å². The van der Waals surface area contributed by atoms with Crippen molar-refractivity contribution in [2.75, 3.05) is 32.1 Å². The molecule has 0 aliphatic heterocycles. The molecule has 25 heavy (non-hydrogen) atoms. The van der Waals surface area contributed by atoms with E-state index in [1.807, 2.05) is 24.3 Å². The number of carbonyl (C=O) groups excluding carboxylic acids is 1. The third-order valence-corrected chi connectivity index (χ3v) is 3.79. The van der Waals surface area contributed by atoms with Crippen molar-refractivity contribution >= 4 is 12.0 Å². The second kappa shape index (κ2) is 8.86. The van der Waals surface area contributed by atoms with Crippen LogP contribution in [0, 0.1) is 0 Å². The van der Waals surface area contributed by atoms with Gasteiger partial charge in [-0.1, -0.05) is 32.0 Å². The maximum Gasteiger partial charge on any atom is 0.314 e. The highest BCUT2D eigenvalue weighted by molar-refractivity contribution is 5.74. The van der Waals surface area contributed by atoms with Crippen LogP contribution in [0.1, 0.15) is 19.4 Å². The number of ether oxygens (including phenoxy) is 1. The summed E-state index contributed by atoms with van der Waals surface area (Å²) in [7, 11) is 1.65. The smallest absolute Gasteiger partial charge is 0.314 e. The Balaban J connectivity index is 1.75. The molecule has 0 atom stereocenters. The quantitative estimate of drug-likeness (QED) is 0.639. The molecule has 0 aliphatic rings. The number of anilines is 1. The predicted octanol–water partition coefficient (Wildman–Crippen LogP) is 2.17. The van der Waals surface area contributed by atoms with Crippen LogP contribution in [0.3, 0.4) is 0 Å². The summed E-state index contributed by atoms with van der Waals surface area (Å²) in [5.74, 6) is 1.36. The number of para-hydroxylation sites is 1. The van der Waals surface area contributed by atoms with Gasteiger partial charge < -0.3 is 20.7 Å². The van der Waals surface area contributed by atoms with Crippen molar-refractivity contribution in [2.24, 2.45) is 0 Å². The Bertz CT molecular complexity index is 676. The Morgan fingerprint density at radius 1 is 1.08 bits per heavy atom. The third-order valence-electron chi connectivity index (χ3n) is 3.79. The van der Waals surface area contributed by atoms with Gasteiger partial charge in [-0.3, -0.25) is 0 Å². The number of methoxy groups -OCH3 is 1. The van der Waals surface area contributed by atoms with Gasteiger partial charge in [-0.15, -0.1) is 0 Å². The minimum Gasteiger partial charge on any atom is -0.496 e. The SMILES string of the molecule is COc1ccccc1C(C)(C)CNC(=O)NCCNc1ncccn1. The average Bonchev–Trinajstić information content (AvgIpc) is 2.64. The largest absolute Gasteiger partial charge is 0.496 e. The highest BCUT2D eigenvalue weighted by Crippen LogP contribution is 2.30. The molecule has 2 aromatic rings. The molecule has 0 bridgehead atoms. The first kappa shape index (κ1) is 18.5. The van der Waals surface area contributed by atoms with E-state index in [0.29, 0.717) is 25.6 Å². The van der Waals surface area contributed by atoms with E-state index in [2.05, 4.69) is 39.8 Å². The number of urea groups is 1. The summed E-state index contributed by atoms with van der Waals surface area (Å²) in [6, 6.07) is 9.38. The lowest BCUT2D eigenvalue weighted by atomic mass is 9.84. The maximum atomic E-state index is 12.0. The fourth-order valence-corrected chi connectivity index (χ4v) is 2.40. The van der Waals surface area contributed by atoms with Crippen LogP contribution in [0.5, 0.6) is 5.75 Å². The molecular formula is C18H25N5O2. The van der Waals surface area contributed by atoms with Crippen molar-refractivity contribution in [3.63, 3.8) is 0 Å². The van der Waals surface area contributed by atoms with Crippen molar-refractivity contribution in [2.45, 2.75) is 19.3 Å². The number of hydrogen-bond acceptors (Lipinski definition) is 5. The van der Waals surface area contributed by atoms with Gasteiger partial charge in [0.05, 0.1) is 7.11 Å². The molecule has 1 heterocycles. The van der Waals surface area contributed by atoms with Gasteiger partial charge >= 0.3 is 6.03 Å². The molecule has 7 nitrogen and oxygen atoms in total. The van der Waals surface area contributed by atoms with Crippen molar-refractivity contribution in [1.82, 2.24) is 20.6 Å². The van der Waals surface area contributed by atoms with E-state index in [0.717, 1.165) is 11.3 Å². The number of benzene rings is 1. The van der Waals surface area contributed by atoms with E-state index in [-0.39, 0.29) is 11.4 Å². The summed E-state index contributed by atoms with van der Waals surface area (Å²) in [6.07, 6.45) is 3.32. The molecule has 3 N–H and O–H groups in total. The van der Waals surface area contributed by atoms with Gasteiger partial charge in [-0.25, -0.2) is 14.8 Å². The molecule has 134 valence electrons. The third kappa shape index (κ3) is 5.63. The highest BCUT2D eigenvalue weighted by Gasteiger charge is 2.24. The van der Waals surface area contributed by atoms with Gasteiger partial charge in [0.25, 0.3) is 0 Å². The second-order valence-corrected chi connectivity index (χ2v) is 6.19. The second-order valence-electron chi connectivity index (χ2n) is 6.19. The van der Waals surface area contributed by atoms with Gasteiger partial charge in [-0.05, 0) is 12.1 Å². The normalized spacial score (nSPS) is 10.8. The Labute approximate surface area is 148 Å². The first-order valence-corrected chi connectivity index (χ1v) is 8.19. The van der Waals surface area contributed by atoms with Crippen LogP contribution in [-0.2, 0) is 5.41 Å². The fourth-order valence-electron chi connectivity index (χ4n) is 2.40. The zero-order valence-electron chi connectivity index (χ0n) is 14.9. The highest BCUT2D eigenvalue weighted by atomic mass is 16.5. The Morgan fingerprint density at radius 2 is 1.80 bits per heavy atom. The van der Waals surface area contributed by atoms with Crippen LogP contribution in [0.4, 0.5) is 10.7 Å². The summed E-state index contributed by atoms with van der Waals surface area (Å²) in [6.45, 7) is 5.65. The minimum atomic E-state index is -0.250. The van der Waals surface area contributed by atoms with E-state index < -0.39 is 0 Å². The summed E-state index contributed by atoms with van der Waals surface area (Å²) < 4.78 is 5.41. The molecule has 0 aliphatic carbocycles. The molecule has 0 spiro atoms. The minimum absolute atomic E-state index is 0.209. The molecule has 0 radical (unpaired) electrons. The molecule has 0 fully saturated rings. The van der Waals surface area contributed by atoms with Crippen LogP contribution in [0.25, 0.3) is 0 Å². The Kier molecular flexibility index (Phi) is 6.56. The van der Waals surface area contributed by atoms with E-state index >= 15 is 0 Å². The van der Waals surface area contributed by atoms with Crippen molar-refractivity contribution < 1.29 is 9.53 Å². The lowest BCUT2D eigenvalue weighted by molar-refractivity contribution is 0.238. The van der Waals surface area contributed by atoms with Gasteiger partial charge in [-0.2, -0.15) is 0 Å². The summed E-state index contributed by atoms with van der Waals surface area (Å²) in [5.41, 5.74) is 0.806. The van der Waals surface area contributed by atoms with E-state index in [1.54, 1.807) is 25.6 Å². The zero-order chi connectivity index (χ0) is 18.1. The summed E-state index contributed by atoms with van der Waals surface area (Å²) in [5, 5.41) is 8.74. The lowest BCUT2D eigenvalue weighted by Crippen LogP contribution is -2.43. The number of nitrogens with zero attached hydrogens (tertiary/aromatic N) is 2. The summed E-state index contributed by atoms with van der Waals surface area (Å²) in [4.78, 5) is 20.1. The molecular weight excluding hydrogens is 318 g/mol. The number of nitrogens with one attached hydrogen (secondary N) is 3. The van der Waals surface area contributed by atoms with Crippen LogP contribution < -0.4 is 20.7 Å². The Morgan fingerprint density at radius 3 is 2.52 bits per heavy atom. The van der Waals surface area contributed by atoms with Gasteiger partial charge in [0.15, 0.2) is 0 Å². The van der Waals surface area contributed by atoms with Crippen molar-refractivity contribution in [3.05, 3.63) is 48.3 Å². The number of carbonyl (C=O) groups is 1. The van der Waals surface area contributed by atoms with Crippen LogP contribution in [0.2, 0.25) is 0 Å². The number of rotatable bonds is 8. The predicted molar refractivity (Wildman–Crippen MR) is 97.9 cm³/mol. The molecule has 0 saturated heterocycles. The summed E-state index contributed by atoms with van der Waals surface area (Å²) >= 11 is 0. The van der Waals surface area contributed by atoms with Crippen molar-refractivity contribution in [1.29, 1.82) is 0 Å². The molecule has 1 aromatic carbocycles. The average molecular weight is 343 g/mol.